The van der Waals surface area contributed by atoms with Gasteiger partial charge in [-0.25, -0.2) is 9.78 Å². The number of carboxylic acids is 1. The van der Waals surface area contributed by atoms with E-state index < -0.39 is 60.2 Å². The van der Waals surface area contributed by atoms with E-state index in [4.69, 9.17) is 11.5 Å². The van der Waals surface area contributed by atoms with Crippen molar-refractivity contribution in [1.82, 2.24) is 25.5 Å². The van der Waals surface area contributed by atoms with Gasteiger partial charge in [-0.3, -0.25) is 19.2 Å². The van der Waals surface area contributed by atoms with E-state index in [1.165, 1.54) is 29.2 Å². The third-order valence-electron chi connectivity index (χ3n) is 5.42. The van der Waals surface area contributed by atoms with Crippen LogP contribution in [0.1, 0.15) is 31.4 Å². The second-order valence-electron chi connectivity index (χ2n) is 7.99. The predicted octanol–water partition coefficient (Wildman–Crippen LogP) is -2.05. The van der Waals surface area contributed by atoms with Crippen LogP contribution in [0.25, 0.3) is 0 Å². The van der Waals surface area contributed by atoms with Crippen molar-refractivity contribution >= 4 is 41.4 Å². The molecule has 0 spiro atoms. The summed E-state index contributed by atoms with van der Waals surface area (Å²) in [5.74, 6) is -3.20. The molecule has 0 aliphatic carbocycles. The zero-order valence-electron chi connectivity index (χ0n) is 18.9. The van der Waals surface area contributed by atoms with Crippen LogP contribution in [0.3, 0.4) is 0 Å². The van der Waals surface area contributed by atoms with E-state index in [-0.39, 0.29) is 19.4 Å². The summed E-state index contributed by atoms with van der Waals surface area (Å²) < 4.78 is 0. The first kappa shape index (κ1) is 27.1. The van der Waals surface area contributed by atoms with E-state index in [1.54, 1.807) is 0 Å². The summed E-state index contributed by atoms with van der Waals surface area (Å²) in [6.07, 6.45) is 5.54. The number of aliphatic carboxylic acids is 1. The van der Waals surface area contributed by atoms with E-state index in [1.807, 2.05) is 6.26 Å². The minimum Gasteiger partial charge on any atom is -0.480 e. The Morgan fingerprint density at radius 3 is 2.56 bits per heavy atom. The maximum Gasteiger partial charge on any atom is 0.326 e. The molecule has 2 rings (SSSR count). The molecular formula is C20H31N7O6S. The Morgan fingerprint density at radius 1 is 1.26 bits per heavy atom. The van der Waals surface area contributed by atoms with Gasteiger partial charge in [0.1, 0.15) is 18.1 Å². The number of nitrogens with two attached hydrogens (primary N) is 2. The van der Waals surface area contributed by atoms with Gasteiger partial charge >= 0.3 is 5.97 Å². The quantitative estimate of drug-likeness (QED) is 0.177. The molecule has 4 amide bonds. The third-order valence-corrected chi connectivity index (χ3v) is 6.06. The number of hydrogen-bond donors (Lipinski definition) is 6. The molecule has 4 atom stereocenters. The monoisotopic (exact) mass is 497 g/mol. The van der Waals surface area contributed by atoms with Crippen LogP contribution in [-0.2, 0) is 30.4 Å². The molecule has 8 N–H and O–H groups in total. The van der Waals surface area contributed by atoms with Crippen molar-refractivity contribution in [3.8, 4) is 0 Å². The number of rotatable bonds is 13. The topological polar surface area (TPSA) is 214 Å². The van der Waals surface area contributed by atoms with Crippen molar-refractivity contribution in [3.63, 3.8) is 0 Å². The molecule has 1 aromatic heterocycles. The normalized spacial score (nSPS) is 18.1. The van der Waals surface area contributed by atoms with Gasteiger partial charge in [0, 0.05) is 24.9 Å². The summed E-state index contributed by atoms with van der Waals surface area (Å²) in [5.41, 5.74) is 11.3. The predicted molar refractivity (Wildman–Crippen MR) is 123 cm³/mol. The summed E-state index contributed by atoms with van der Waals surface area (Å²) in [6, 6.07) is -4.29. The number of primary amides is 1. The lowest BCUT2D eigenvalue weighted by Gasteiger charge is -2.29. The molecule has 1 aromatic rings. The highest BCUT2D eigenvalue weighted by atomic mass is 32.2. The third kappa shape index (κ3) is 7.73. The van der Waals surface area contributed by atoms with Crippen LogP contribution >= 0.6 is 11.8 Å². The van der Waals surface area contributed by atoms with Crippen LogP contribution in [-0.4, -0.2) is 92.3 Å². The largest absolute Gasteiger partial charge is 0.480 e. The standard InChI is InChI=1S/C20H31N7O6S/c1-34-6-4-13(19(31)27-5-2-3-15(27)20(32)33)25-18(30)14(7-11-9-23-10-24-11)26-17(29)12(21)8-16(22)28/h9-10,12-15H,2-8,21H2,1H3,(H2,22,28)(H,23,24)(H,25,30)(H,26,29)(H,32,33). The van der Waals surface area contributed by atoms with Gasteiger partial charge < -0.3 is 37.1 Å². The summed E-state index contributed by atoms with van der Waals surface area (Å²) >= 11 is 1.47. The molecule has 0 aromatic carbocycles. The van der Waals surface area contributed by atoms with Gasteiger partial charge in [-0.05, 0) is 31.3 Å². The van der Waals surface area contributed by atoms with Crippen molar-refractivity contribution in [2.75, 3.05) is 18.6 Å². The van der Waals surface area contributed by atoms with Gasteiger partial charge in [-0.15, -0.1) is 0 Å². The first-order chi connectivity index (χ1) is 16.1. The lowest BCUT2D eigenvalue weighted by molar-refractivity contribution is -0.149. The van der Waals surface area contributed by atoms with Crippen molar-refractivity contribution in [2.45, 2.75) is 56.3 Å². The molecule has 1 aliphatic heterocycles. The van der Waals surface area contributed by atoms with Gasteiger partial charge in [0.25, 0.3) is 0 Å². The zero-order chi connectivity index (χ0) is 25.3. The number of carbonyl (C=O) groups is 5. The molecule has 1 saturated heterocycles. The van der Waals surface area contributed by atoms with Crippen LogP contribution in [0.2, 0.25) is 0 Å². The van der Waals surface area contributed by atoms with E-state index in [2.05, 4.69) is 20.6 Å². The molecule has 1 fully saturated rings. The number of likely N-dealkylation sites (tertiary alicyclic amines) is 1. The number of nitrogens with one attached hydrogen (secondary N) is 3. The minimum atomic E-state index is -1.25. The van der Waals surface area contributed by atoms with Crippen LogP contribution < -0.4 is 22.1 Å². The maximum absolute atomic E-state index is 13.2. The second kappa shape index (κ2) is 12.9. The fourth-order valence-corrected chi connectivity index (χ4v) is 4.14. The second-order valence-corrected chi connectivity index (χ2v) is 8.98. The first-order valence-corrected chi connectivity index (χ1v) is 12.2. The molecular weight excluding hydrogens is 466 g/mol. The minimum absolute atomic E-state index is 0.0196. The van der Waals surface area contributed by atoms with Crippen LogP contribution in [0.4, 0.5) is 0 Å². The molecule has 188 valence electrons. The molecule has 0 bridgehead atoms. The lowest BCUT2D eigenvalue weighted by atomic mass is 10.1. The van der Waals surface area contributed by atoms with E-state index in [0.717, 1.165) is 0 Å². The highest BCUT2D eigenvalue weighted by Gasteiger charge is 2.38. The van der Waals surface area contributed by atoms with Gasteiger partial charge in [0.15, 0.2) is 0 Å². The first-order valence-electron chi connectivity index (χ1n) is 10.8. The van der Waals surface area contributed by atoms with E-state index >= 15 is 0 Å². The number of amides is 4. The summed E-state index contributed by atoms with van der Waals surface area (Å²) in [5, 5.41) is 14.6. The molecule has 0 radical (unpaired) electrons. The Balaban J connectivity index is 2.18. The Bertz CT molecular complexity index is 881. The van der Waals surface area contributed by atoms with Crippen molar-refractivity contribution in [2.24, 2.45) is 11.5 Å². The summed E-state index contributed by atoms with van der Waals surface area (Å²) in [4.78, 5) is 69.4. The van der Waals surface area contributed by atoms with E-state index in [9.17, 15) is 29.1 Å². The fourth-order valence-electron chi connectivity index (χ4n) is 3.67. The Labute approximate surface area is 200 Å². The SMILES string of the molecule is CSCCC(NC(=O)C(Cc1cnc[nH]1)NC(=O)C(N)CC(N)=O)C(=O)N1CCCC1C(=O)O. The smallest absolute Gasteiger partial charge is 0.326 e. The average Bonchev–Trinajstić information content (AvgIpc) is 3.47. The number of aromatic amines is 1. The molecule has 34 heavy (non-hydrogen) atoms. The number of aromatic nitrogens is 2. The molecule has 0 saturated carbocycles. The molecule has 14 heteroatoms. The Hall–Kier alpha value is -3.13. The maximum atomic E-state index is 13.2. The average molecular weight is 498 g/mol. The summed E-state index contributed by atoms with van der Waals surface area (Å²) in [6.45, 7) is 0.289. The number of nitrogens with zero attached hydrogens (tertiary/aromatic N) is 2. The Morgan fingerprint density at radius 2 is 1.97 bits per heavy atom. The van der Waals surface area contributed by atoms with E-state index in [0.29, 0.717) is 24.3 Å². The van der Waals surface area contributed by atoms with Gasteiger partial charge in [-0.1, -0.05) is 0 Å². The number of carbonyl (C=O) groups excluding carboxylic acids is 4. The van der Waals surface area contributed by atoms with Gasteiger partial charge in [-0.2, -0.15) is 11.8 Å². The van der Waals surface area contributed by atoms with Crippen molar-refractivity contribution in [3.05, 3.63) is 18.2 Å². The van der Waals surface area contributed by atoms with Crippen LogP contribution in [0.15, 0.2) is 12.5 Å². The lowest BCUT2D eigenvalue weighted by Crippen LogP contribution is -2.58. The number of hydrogen-bond acceptors (Lipinski definition) is 8. The number of imidazole rings is 1. The van der Waals surface area contributed by atoms with Crippen molar-refractivity contribution < 1.29 is 29.1 Å². The molecule has 2 heterocycles. The van der Waals surface area contributed by atoms with Crippen LogP contribution in [0, 0.1) is 0 Å². The number of carboxylic acid groups (broad SMARTS) is 1. The summed E-state index contributed by atoms with van der Waals surface area (Å²) in [7, 11) is 0. The fraction of sp³-hybridized carbons (Fsp3) is 0.600. The molecule has 13 nitrogen and oxygen atoms in total. The highest BCUT2D eigenvalue weighted by molar-refractivity contribution is 7.98. The van der Waals surface area contributed by atoms with Gasteiger partial charge in [0.05, 0.1) is 18.8 Å². The highest BCUT2D eigenvalue weighted by Crippen LogP contribution is 2.20. The molecule has 4 unspecified atom stereocenters. The number of thioether (sulfide) groups is 1. The van der Waals surface area contributed by atoms with Gasteiger partial charge in [0.2, 0.25) is 23.6 Å². The Kier molecular flexibility index (Phi) is 10.3. The number of H-pyrrole nitrogens is 1. The van der Waals surface area contributed by atoms with Crippen molar-refractivity contribution in [1.29, 1.82) is 0 Å². The molecule has 1 aliphatic rings. The zero-order valence-corrected chi connectivity index (χ0v) is 19.7. The van der Waals surface area contributed by atoms with Crippen LogP contribution in [0.5, 0.6) is 0 Å².